The van der Waals surface area contributed by atoms with E-state index >= 15 is 0 Å². The molecule has 210 valence electrons. The van der Waals surface area contributed by atoms with Gasteiger partial charge in [-0.3, -0.25) is 14.4 Å². The summed E-state index contributed by atoms with van der Waals surface area (Å²) in [6, 6.07) is 18.9. The van der Waals surface area contributed by atoms with Gasteiger partial charge in [0.05, 0.1) is 29.3 Å². The molecule has 1 fully saturated rings. The first kappa shape index (κ1) is 27.2. The van der Waals surface area contributed by atoms with Crippen molar-refractivity contribution in [3.63, 3.8) is 0 Å². The molecular formula is C29H21F3N2O5S2. The van der Waals surface area contributed by atoms with E-state index in [1.807, 2.05) is 30.3 Å². The highest BCUT2D eigenvalue weighted by molar-refractivity contribution is 8.00. The minimum Gasteiger partial charge on any atom is -0.493 e. The van der Waals surface area contributed by atoms with E-state index in [4.69, 9.17) is 9.47 Å². The van der Waals surface area contributed by atoms with Gasteiger partial charge in [-0.1, -0.05) is 65.6 Å². The van der Waals surface area contributed by atoms with Crippen molar-refractivity contribution in [1.29, 1.82) is 0 Å². The van der Waals surface area contributed by atoms with Crippen LogP contribution in [0.25, 0.3) is 0 Å². The number of aromatic amines is 1. The Hall–Kier alpha value is -4.03. The quantitative estimate of drug-likeness (QED) is 0.281. The van der Waals surface area contributed by atoms with E-state index in [1.165, 1.54) is 19.2 Å². The molecule has 1 N–H and O–H groups in total. The Labute approximate surface area is 239 Å². The lowest BCUT2D eigenvalue weighted by Crippen LogP contribution is -2.32. The number of benzene rings is 3. The topological polar surface area (TPSA) is 88.7 Å². The maximum Gasteiger partial charge on any atom is 0.416 e. The van der Waals surface area contributed by atoms with Crippen LogP contribution in [0.2, 0.25) is 0 Å². The zero-order valence-corrected chi connectivity index (χ0v) is 22.9. The summed E-state index contributed by atoms with van der Waals surface area (Å²) in [5, 5.41) is -0.485. The molecule has 7 nitrogen and oxygen atoms in total. The second-order valence-corrected chi connectivity index (χ2v) is 11.7. The summed E-state index contributed by atoms with van der Waals surface area (Å²) in [5.74, 6) is -2.09. The highest BCUT2D eigenvalue weighted by atomic mass is 32.2. The van der Waals surface area contributed by atoms with Gasteiger partial charge in [-0.15, -0.1) is 0 Å². The van der Waals surface area contributed by atoms with Crippen molar-refractivity contribution < 1.29 is 32.2 Å². The summed E-state index contributed by atoms with van der Waals surface area (Å²) < 4.78 is 51.8. The molecule has 6 rings (SSSR count). The predicted octanol–water partition coefficient (Wildman–Crippen LogP) is 5.84. The van der Waals surface area contributed by atoms with Crippen LogP contribution in [0.4, 0.5) is 18.9 Å². The number of halogens is 3. The van der Waals surface area contributed by atoms with Crippen LogP contribution in [-0.2, 0) is 22.4 Å². The summed E-state index contributed by atoms with van der Waals surface area (Å²) in [5.41, 5.74) is 0.446. The maximum atomic E-state index is 13.9. The molecular weight excluding hydrogens is 577 g/mol. The summed E-state index contributed by atoms with van der Waals surface area (Å²) in [6.45, 7) is 0.295. The zero-order chi connectivity index (χ0) is 28.9. The molecule has 3 atom stereocenters. The third-order valence-electron chi connectivity index (χ3n) is 7.04. The third kappa shape index (κ3) is 4.91. The lowest BCUT2D eigenvalue weighted by molar-refractivity contribution is -0.137. The predicted molar refractivity (Wildman–Crippen MR) is 148 cm³/mol. The van der Waals surface area contributed by atoms with Gasteiger partial charge in [-0.25, -0.2) is 4.90 Å². The number of ether oxygens (including phenoxy) is 2. The van der Waals surface area contributed by atoms with Crippen molar-refractivity contribution in [2.24, 2.45) is 5.92 Å². The number of methoxy groups -OCH3 is 1. The fourth-order valence-electron chi connectivity index (χ4n) is 5.18. The van der Waals surface area contributed by atoms with Gasteiger partial charge in [0.1, 0.15) is 11.9 Å². The van der Waals surface area contributed by atoms with Crippen molar-refractivity contribution >= 4 is 40.6 Å². The number of imide groups is 1. The number of amides is 2. The molecule has 3 aromatic carbocycles. The van der Waals surface area contributed by atoms with E-state index < -0.39 is 40.6 Å². The van der Waals surface area contributed by atoms with Gasteiger partial charge in [0, 0.05) is 10.8 Å². The lowest BCUT2D eigenvalue weighted by Gasteiger charge is -2.30. The molecule has 1 aromatic heterocycles. The number of nitrogens with one attached hydrogen (secondary N) is 1. The molecule has 3 heterocycles. The number of thioether (sulfide) groups is 1. The van der Waals surface area contributed by atoms with Gasteiger partial charge in [0.15, 0.2) is 11.5 Å². The number of anilines is 1. The number of alkyl halides is 3. The number of carbonyl (C=O) groups excluding carboxylic acids is 2. The molecule has 12 heteroatoms. The minimum atomic E-state index is -4.64. The minimum absolute atomic E-state index is 0.150. The maximum absolute atomic E-state index is 13.9. The molecule has 2 unspecified atom stereocenters. The van der Waals surface area contributed by atoms with Crippen LogP contribution in [0.15, 0.2) is 82.6 Å². The molecule has 4 aromatic rings. The van der Waals surface area contributed by atoms with Gasteiger partial charge < -0.3 is 14.5 Å². The number of hydrogen-bond acceptors (Lipinski definition) is 7. The molecule has 2 amide bonds. The number of hydrogen-bond donors (Lipinski definition) is 1. The highest BCUT2D eigenvalue weighted by Gasteiger charge is 2.56. The number of fused-ring (bicyclic) bond motifs is 2. The average Bonchev–Trinajstić information content (AvgIpc) is 3.46. The van der Waals surface area contributed by atoms with Crippen molar-refractivity contribution in [3.05, 3.63) is 104 Å². The Morgan fingerprint density at radius 3 is 2.44 bits per heavy atom. The van der Waals surface area contributed by atoms with E-state index in [2.05, 4.69) is 4.98 Å². The molecule has 41 heavy (non-hydrogen) atoms. The van der Waals surface area contributed by atoms with E-state index in [9.17, 15) is 27.6 Å². The Bertz CT molecular complexity index is 1700. The average molecular weight is 599 g/mol. The van der Waals surface area contributed by atoms with Crippen molar-refractivity contribution in [1.82, 2.24) is 4.98 Å². The van der Waals surface area contributed by atoms with Gasteiger partial charge in [-0.2, -0.15) is 13.2 Å². The monoisotopic (exact) mass is 598 g/mol. The first-order valence-electron chi connectivity index (χ1n) is 12.4. The van der Waals surface area contributed by atoms with Crippen LogP contribution in [0.1, 0.15) is 27.5 Å². The summed E-state index contributed by atoms with van der Waals surface area (Å²) in [6.07, 6.45) is -4.64. The molecule has 0 bridgehead atoms. The number of rotatable bonds is 6. The summed E-state index contributed by atoms with van der Waals surface area (Å²) in [4.78, 5) is 43.6. The first-order valence-corrected chi connectivity index (χ1v) is 14.1. The SMILES string of the molecule is COc1cc([C@H]2c3sc(=O)[nH]c3SC3C(=O)N(c4cccc(C(F)(F)F)c4)C(=O)C32)ccc1OCc1ccccc1. The van der Waals surface area contributed by atoms with Crippen molar-refractivity contribution in [2.45, 2.75) is 29.0 Å². The van der Waals surface area contributed by atoms with Crippen LogP contribution in [0.5, 0.6) is 11.5 Å². The van der Waals surface area contributed by atoms with Crippen molar-refractivity contribution in [2.75, 3.05) is 12.0 Å². The Morgan fingerprint density at radius 1 is 0.927 bits per heavy atom. The standard InChI is InChI=1S/C29H21F3N2O5S2/c1-38-20-12-16(10-11-19(20)39-14-15-6-3-2-4-7-15)21-22-24(40-25-23(21)41-28(37)33-25)27(36)34(26(22)35)18-9-5-8-17(13-18)29(30,31)32/h2-13,21-22,24H,14H2,1H3,(H,33,37)/t21-,22?,24?/m1/s1. The van der Waals surface area contributed by atoms with Crippen molar-refractivity contribution in [3.8, 4) is 11.5 Å². The first-order chi connectivity index (χ1) is 19.7. The van der Waals surface area contributed by atoms with E-state index in [1.54, 1.807) is 18.2 Å². The second kappa shape index (κ2) is 10.4. The van der Waals surface area contributed by atoms with Gasteiger partial charge in [0.25, 0.3) is 0 Å². The van der Waals surface area contributed by atoms with E-state index in [0.29, 0.717) is 33.6 Å². The normalized spacial score (nSPS) is 20.1. The van der Waals surface area contributed by atoms with Gasteiger partial charge >= 0.3 is 11.0 Å². The fraction of sp³-hybridized carbons (Fsp3) is 0.207. The second-order valence-electron chi connectivity index (χ2n) is 9.49. The van der Waals surface area contributed by atoms with E-state index in [-0.39, 0.29) is 10.6 Å². The molecule has 0 radical (unpaired) electrons. The molecule has 1 saturated heterocycles. The number of aromatic nitrogens is 1. The van der Waals surface area contributed by atoms with Gasteiger partial charge in [-0.05, 0) is 41.5 Å². The summed E-state index contributed by atoms with van der Waals surface area (Å²) >= 11 is 1.99. The van der Waals surface area contributed by atoms with E-state index in [0.717, 1.165) is 45.7 Å². The largest absolute Gasteiger partial charge is 0.493 e. The number of thiazole rings is 1. The van der Waals surface area contributed by atoms with Crippen LogP contribution >= 0.6 is 23.1 Å². The fourth-order valence-corrected chi connectivity index (χ4v) is 7.70. The Morgan fingerprint density at radius 2 is 1.71 bits per heavy atom. The molecule has 0 saturated carbocycles. The lowest BCUT2D eigenvalue weighted by atomic mass is 9.83. The molecule has 2 aliphatic rings. The number of carbonyl (C=O) groups is 2. The van der Waals surface area contributed by atoms with Crippen LogP contribution in [0.3, 0.4) is 0 Å². The summed E-state index contributed by atoms with van der Waals surface area (Å²) in [7, 11) is 1.48. The molecule has 2 aliphatic heterocycles. The Kier molecular flexibility index (Phi) is 6.90. The molecule has 0 aliphatic carbocycles. The molecule has 0 spiro atoms. The number of H-pyrrole nitrogens is 1. The Balaban J connectivity index is 1.38. The number of nitrogens with zero attached hydrogens (tertiary/aromatic N) is 1. The third-order valence-corrected chi connectivity index (χ3v) is 9.44. The highest BCUT2D eigenvalue weighted by Crippen LogP contribution is 2.54. The van der Waals surface area contributed by atoms with Gasteiger partial charge in [0.2, 0.25) is 11.8 Å². The van der Waals surface area contributed by atoms with Crippen LogP contribution in [0, 0.1) is 5.92 Å². The van der Waals surface area contributed by atoms with Crippen LogP contribution in [-0.4, -0.2) is 29.2 Å². The van der Waals surface area contributed by atoms with Crippen LogP contribution < -0.4 is 19.2 Å². The smallest absolute Gasteiger partial charge is 0.416 e. The zero-order valence-electron chi connectivity index (χ0n) is 21.3.